The van der Waals surface area contributed by atoms with E-state index in [0.29, 0.717) is 11.3 Å². The second kappa shape index (κ2) is 6.48. The number of ether oxygens (including phenoxy) is 1. The fraction of sp³-hybridized carbons (Fsp3) is 0.188. The average molecular weight is 267 g/mol. The molecule has 0 fully saturated rings. The molecule has 102 valence electrons. The molecule has 0 saturated carbocycles. The summed E-state index contributed by atoms with van der Waals surface area (Å²) >= 11 is 0. The van der Waals surface area contributed by atoms with Gasteiger partial charge < -0.3 is 15.8 Å². The Labute approximate surface area is 118 Å². The van der Waals surface area contributed by atoms with E-state index in [1.807, 2.05) is 36.4 Å². The fourth-order valence-corrected chi connectivity index (χ4v) is 1.95. The number of nitrogens with one attached hydrogen (secondary N) is 1. The van der Waals surface area contributed by atoms with Crippen LogP contribution in [0.3, 0.4) is 0 Å². The summed E-state index contributed by atoms with van der Waals surface area (Å²) < 4.78 is 5.12. The van der Waals surface area contributed by atoms with Gasteiger partial charge in [-0.1, -0.05) is 18.2 Å². The summed E-state index contributed by atoms with van der Waals surface area (Å²) in [6.45, 7) is 0.755. The number of hydrogen-bond acceptors (Lipinski definition) is 4. The molecular weight excluding hydrogens is 250 g/mol. The summed E-state index contributed by atoms with van der Waals surface area (Å²) in [5, 5.41) is 12.2. The highest BCUT2D eigenvalue weighted by atomic mass is 16.5. The van der Waals surface area contributed by atoms with Crippen LogP contribution in [0.15, 0.2) is 42.5 Å². The Morgan fingerprint density at radius 1 is 1.20 bits per heavy atom. The van der Waals surface area contributed by atoms with Crippen LogP contribution in [0.25, 0.3) is 0 Å². The summed E-state index contributed by atoms with van der Waals surface area (Å²) in [5.41, 5.74) is 8.93. The van der Waals surface area contributed by atoms with E-state index in [0.717, 1.165) is 24.4 Å². The number of benzene rings is 2. The van der Waals surface area contributed by atoms with E-state index in [2.05, 4.69) is 11.4 Å². The third-order valence-corrected chi connectivity index (χ3v) is 3.11. The van der Waals surface area contributed by atoms with Crippen molar-refractivity contribution in [3.05, 3.63) is 53.6 Å². The highest BCUT2D eigenvalue weighted by molar-refractivity contribution is 5.72. The number of nitrogens with zero attached hydrogens (tertiary/aromatic N) is 1. The number of nitriles is 1. The Morgan fingerprint density at radius 3 is 2.60 bits per heavy atom. The first-order valence-corrected chi connectivity index (χ1v) is 6.40. The first kappa shape index (κ1) is 13.8. The zero-order valence-electron chi connectivity index (χ0n) is 11.4. The maximum Gasteiger partial charge on any atom is 0.118 e. The molecule has 0 bridgehead atoms. The van der Waals surface area contributed by atoms with Crippen molar-refractivity contribution in [1.82, 2.24) is 0 Å². The largest absolute Gasteiger partial charge is 0.497 e. The molecule has 3 N–H and O–H groups in total. The molecule has 0 unspecified atom stereocenters. The van der Waals surface area contributed by atoms with Crippen molar-refractivity contribution < 1.29 is 4.74 Å². The van der Waals surface area contributed by atoms with E-state index < -0.39 is 0 Å². The fourth-order valence-electron chi connectivity index (χ4n) is 1.95. The lowest BCUT2D eigenvalue weighted by Crippen LogP contribution is -2.07. The number of hydrogen-bond donors (Lipinski definition) is 2. The lowest BCUT2D eigenvalue weighted by molar-refractivity contribution is 0.414. The van der Waals surface area contributed by atoms with Gasteiger partial charge in [-0.2, -0.15) is 5.26 Å². The molecule has 0 saturated heterocycles. The van der Waals surface area contributed by atoms with Gasteiger partial charge in [-0.15, -0.1) is 0 Å². The zero-order chi connectivity index (χ0) is 14.4. The Kier molecular flexibility index (Phi) is 4.46. The van der Waals surface area contributed by atoms with Crippen LogP contribution in [0.1, 0.15) is 11.1 Å². The summed E-state index contributed by atoms with van der Waals surface area (Å²) in [6, 6.07) is 15.5. The minimum Gasteiger partial charge on any atom is -0.497 e. The highest BCUT2D eigenvalue weighted by Gasteiger charge is 2.03. The summed E-state index contributed by atoms with van der Waals surface area (Å²) in [5.74, 6) is 0.854. The van der Waals surface area contributed by atoms with Gasteiger partial charge in [0.05, 0.1) is 24.0 Å². The van der Waals surface area contributed by atoms with Gasteiger partial charge in [0.25, 0.3) is 0 Å². The van der Waals surface area contributed by atoms with Gasteiger partial charge >= 0.3 is 0 Å². The molecule has 0 radical (unpaired) electrons. The molecule has 2 rings (SSSR count). The predicted molar refractivity (Wildman–Crippen MR) is 80.8 cm³/mol. The van der Waals surface area contributed by atoms with Gasteiger partial charge in [-0.25, -0.2) is 0 Å². The monoisotopic (exact) mass is 267 g/mol. The maximum absolute atomic E-state index is 8.93. The van der Waals surface area contributed by atoms with E-state index in [-0.39, 0.29) is 0 Å². The second-order valence-corrected chi connectivity index (χ2v) is 4.40. The first-order chi connectivity index (χ1) is 9.74. The van der Waals surface area contributed by atoms with Gasteiger partial charge in [-0.05, 0) is 36.2 Å². The average Bonchev–Trinajstić information content (AvgIpc) is 2.49. The lowest BCUT2D eigenvalue weighted by Gasteiger charge is -2.10. The maximum atomic E-state index is 8.93. The van der Waals surface area contributed by atoms with Gasteiger partial charge in [0.1, 0.15) is 11.8 Å². The molecule has 20 heavy (non-hydrogen) atoms. The Bertz CT molecular complexity index is 615. The smallest absolute Gasteiger partial charge is 0.118 e. The van der Waals surface area contributed by atoms with Crippen molar-refractivity contribution >= 4 is 11.4 Å². The van der Waals surface area contributed by atoms with Crippen LogP contribution in [0.4, 0.5) is 11.4 Å². The SMILES string of the molecule is COc1ccc(CCNc2cccc(C#N)c2N)cc1. The molecule has 0 aliphatic heterocycles. The lowest BCUT2D eigenvalue weighted by atomic mass is 10.1. The molecule has 4 heteroatoms. The molecule has 2 aromatic rings. The number of nitrogen functional groups attached to an aromatic ring is 1. The van der Waals surface area contributed by atoms with Crippen LogP contribution < -0.4 is 15.8 Å². The van der Waals surface area contributed by atoms with Gasteiger partial charge in [-0.3, -0.25) is 0 Å². The van der Waals surface area contributed by atoms with E-state index in [1.165, 1.54) is 5.56 Å². The molecule has 4 nitrogen and oxygen atoms in total. The number of anilines is 2. The highest BCUT2D eigenvalue weighted by Crippen LogP contribution is 2.22. The third-order valence-electron chi connectivity index (χ3n) is 3.11. The molecule has 0 atom stereocenters. The number of rotatable bonds is 5. The van der Waals surface area contributed by atoms with Crippen molar-refractivity contribution in [2.75, 3.05) is 24.7 Å². The minimum atomic E-state index is 0.499. The van der Waals surface area contributed by atoms with Gasteiger partial charge in [0.15, 0.2) is 0 Å². The standard InChI is InChI=1S/C16H17N3O/c1-20-14-7-5-12(6-8-14)9-10-19-15-4-2-3-13(11-17)16(15)18/h2-8,19H,9-10,18H2,1H3. The third kappa shape index (κ3) is 3.21. The molecule has 0 amide bonds. The van der Waals surface area contributed by atoms with Crippen molar-refractivity contribution in [3.8, 4) is 11.8 Å². The Morgan fingerprint density at radius 2 is 1.95 bits per heavy atom. The van der Waals surface area contributed by atoms with E-state index >= 15 is 0 Å². The normalized spacial score (nSPS) is 9.80. The number of methoxy groups -OCH3 is 1. The van der Waals surface area contributed by atoms with Crippen LogP contribution in [-0.4, -0.2) is 13.7 Å². The van der Waals surface area contributed by atoms with E-state index in [9.17, 15) is 0 Å². The number of nitrogens with two attached hydrogens (primary N) is 1. The molecular formula is C16H17N3O. The molecule has 0 aliphatic carbocycles. The van der Waals surface area contributed by atoms with Gasteiger partial charge in [0.2, 0.25) is 0 Å². The van der Waals surface area contributed by atoms with Crippen LogP contribution in [0.5, 0.6) is 5.75 Å². The van der Waals surface area contributed by atoms with Crippen molar-refractivity contribution in [1.29, 1.82) is 5.26 Å². The Hall–Kier alpha value is -2.67. The topological polar surface area (TPSA) is 71.1 Å². The number of para-hydroxylation sites is 1. The van der Waals surface area contributed by atoms with Crippen molar-refractivity contribution in [2.45, 2.75) is 6.42 Å². The quantitative estimate of drug-likeness (QED) is 0.817. The Balaban J connectivity index is 1.94. The molecule has 0 aromatic heterocycles. The van der Waals surface area contributed by atoms with Crippen molar-refractivity contribution in [3.63, 3.8) is 0 Å². The summed E-state index contributed by atoms with van der Waals surface area (Å²) in [6.07, 6.45) is 0.875. The summed E-state index contributed by atoms with van der Waals surface area (Å²) in [4.78, 5) is 0. The van der Waals surface area contributed by atoms with Crippen LogP contribution in [-0.2, 0) is 6.42 Å². The molecule has 0 aliphatic rings. The van der Waals surface area contributed by atoms with Crippen molar-refractivity contribution in [2.24, 2.45) is 0 Å². The van der Waals surface area contributed by atoms with Crippen LogP contribution >= 0.6 is 0 Å². The first-order valence-electron chi connectivity index (χ1n) is 6.40. The molecule has 0 spiro atoms. The zero-order valence-corrected chi connectivity index (χ0v) is 11.4. The second-order valence-electron chi connectivity index (χ2n) is 4.40. The minimum absolute atomic E-state index is 0.499. The molecule has 2 aromatic carbocycles. The van der Waals surface area contributed by atoms with E-state index in [4.69, 9.17) is 15.7 Å². The van der Waals surface area contributed by atoms with E-state index in [1.54, 1.807) is 13.2 Å². The summed E-state index contributed by atoms with van der Waals surface area (Å²) in [7, 11) is 1.65. The van der Waals surface area contributed by atoms with Gasteiger partial charge in [0, 0.05) is 6.54 Å². The van der Waals surface area contributed by atoms with Crippen LogP contribution in [0.2, 0.25) is 0 Å². The van der Waals surface area contributed by atoms with Crippen LogP contribution in [0, 0.1) is 11.3 Å². The predicted octanol–water partition coefficient (Wildman–Crippen LogP) is 2.80. The molecule has 0 heterocycles.